The number of hydrogen-bond acceptors (Lipinski definition) is 8. The topological polar surface area (TPSA) is 130 Å². The Bertz CT molecular complexity index is 975. The first-order valence-corrected chi connectivity index (χ1v) is 11.0. The highest BCUT2D eigenvalue weighted by Crippen LogP contribution is 2.29. The van der Waals surface area contributed by atoms with Crippen LogP contribution in [0.1, 0.15) is 33.1 Å². The second-order valence-electron chi connectivity index (χ2n) is 7.87. The summed E-state index contributed by atoms with van der Waals surface area (Å²) in [5.74, 6) is -1.86. The SMILES string of the molecule is CCOC(=O)CC(=O)NN=C1CCN(c2ccc(N3CC(CNC(C)=O)OC3=O)cc2F)CC1. The largest absolute Gasteiger partial charge is 0.466 e. The number of cyclic esters (lactones) is 1. The molecule has 2 aliphatic heterocycles. The van der Waals surface area contributed by atoms with Gasteiger partial charge in [0.1, 0.15) is 18.3 Å². The van der Waals surface area contributed by atoms with Crippen LogP contribution in [0.3, 0.4) is 0 Å². The Morgan fingerprint density at radius 1 is 1.26 bits per heavy atom. The van der Waals surface area contributed by atoms with Gasteiger partial charge in [-0.25, -0.2) is 14.6 Å². The van der Waals surface area contributed by atoms with Gasteiger partial charge >= 0.3 is 12.1 Å². The molecule has 2 aliphatic rings. The number of hydrogen-bond donors (Lipinski definition) is 2. The maximum Gasteiger partial charge on any atom is 0.414 e. The molecule has 34 heavy (non-hydrogen) atoms. The fourth-order valence-electron chi connectivity index (χ4n) is 3.66. The number of nitrogens with one attached hydrogen (secondary N) is 2. The number of nitrogens with zero attached hydrogens (tertiary/aromatic N) is 3. The van der Waals surface area contributed by atoms with Crippen LogP contribution in [0.2, 0.25) is 0 Å². The van der Waals surface area contributed by atoms with Crippen molar-refractivity contribution in [3.05, 3.63) is 24.0 Å². The second kappa shape index (κ2) is 11.4. The van der Waals surface area contributed by atoms with E-state index in [1.165, 1.54) is 17.9 Å². The molecule has 3 rings (SSSR count). The van der Waals surface area contributed by atoms with E-state index in [-0.39, 0.29) is 25.6 Å². The van der Waals surface area contributed by atoms with E-state index >= 15 is 0 Å². The standard InChI is InChI=1S/C22H28FN5O6/c1-3-33-21(31)11-20(30)26-25-15-6-8-27(9-7-15)19-5-4-16(10-18(19)23)28-13-17(34-22(28)32)12-24-14(2)29/h4-5,10,17H,3,6-9,11-13H2,1-2H3,(H,24,29)(H,26,30). The molecule has 184 valence electrons. The van der Waals surface area contributed by atoms with Crippen LogP contribution in [-0.4, -0.2) is 68.5 Å². The van der Waals surface area contributed by atoms with E-state index in [0.29, 0.717) is 37.3 Å². The number of ether oxygens (including phenoxy) is 2. The quantitative estimate of drug-likeness (QED) is 0.328. The summed E-state index contributed by atoms with van der Waals surface area (Å²) in [4.78, 5) is 49.4. The monoisotopic (exact) mass is 477 g/mol. The molecule has 0 radical (unpaired) electrons. The Balaban J connectivity index is 1.53. The van der Waals surface area contributed by atoms with Crippen LogP contribution in [-0.2, 0) is 23.9 Å². The summed E-state index contributed by atoms with van der Waals surface area (Å²) in [7, 11) is 0. The number of benzene rings is 1. The van der Waals surface area contributed by atoms with Gasteiger partial charge in [0.2, 0.25) is 5.91 Å². The first kappa shape index (κ1) is 24.9. The fraction of sp³-hybridized carbons (Fsp3) is 0.500. The minimum atomic E-state index is -0.612. The van der Waals surface area contributed by atoms with Crippen LogP contribution >= 0.6 is 0 Å². The Morgan fingerprint density at radius 2 is 2.00 bits per heavy atom. The van der Waals surface area contributed by atoms with E-state index in [0.717, 1.165) is 5.71 Å². The van der Waals surface area contributed by atoms with E-state index in [1.54, 1.807) is 19.1 Å². The second-order valence-corrected chi connectivity index (χ2v) is 7.87. The molecular formula is C22H28FN5O6. The van der Waals surface area contributed by atoms with Crippen LogP contribution in [0.15, 0.2) is 23.3 Å². The third-order valence-corrected chi connectivity index (χ3v) is 5.33. The Kier molecular flexibility index (Phi) is 8.39. The van der Waals surface area contributed by atoms with Crippen LogP contribution in [0.5, 0.6) is 0 Å². The Morgan fingerprint density at radius 3 is 2.65 bits per heavy atom. The molecule has 3 amide bonds. The van der Waals surface area contributed by atoms with Gasteiger partial charge in [-0.1, -0.05) is 0 Å². The molecule has 0 saturated carbocycles. The first-order valence-electron chi connectivity index (χ1n) is 11.0. The lowest BCUT2D eigenvalue weighted by molar-refractivity contribution is -0.146. The van der Waals surface area contributed by atoms with Crippen molar-refractivity contribution in [1.29, 1.82) is 0 Å². The molecular weight excluding hydrogens is 449 g/mol. The van der Waals surface area contributed by atoms with Crippen molar-refractivity contribution in [3.8, 4) is 0 Å². The van der Waals surface area contributed by atoms with Crippen molar-refractivity contribution >= 4 is 41.0 Å². The van der Waals surface area contributed by atoms with Gasteiger partial charge in [0.25, 0.3) is 5.91 Å². The number of piperidine rings is 1. The lowest BCUT2D eigenvalue weighted by Gasteiger charge is -2.30. The fourth-order valence-corrected chi connectivity index (χ4v) is 3.66. The molecule has 2 heterocycles. The van der Waals surface area contributed by atoms with E-state index in [2.05, 4.69) is 15.8 Å². The molecule has 0 aromatic heterocycles. The van der Waals surface area contributed by atoms with Gasteiger partial charge in [0.05, 0.1) is 31.1 Å². The van der Waals surface area contributed by atoms with E-state index in [4.69, 9.17) is 9.47 Å². The molecule has 1 unspecified atom stereocenters. The Hall–Kier alpha value is -3.70. The predicted molar refractivity (Wildman–Crippen MR) is 121 cm³/mol. The van der Waals surface area contributed by atoms with Crippen molar-refractivity contribution in [2.75, 3.05) is 42.6 Å². The first-order chi connectivity index (χ1) is 16.3. The molecule has 1 aromatic carbocycles. The predicted octanol–water partition coefficient (Wildman–Crippen LogP) is 1.31. The van der Waals surface area contributed by atoms with Crippen LogP contribution in [0, 0.1) is 5.82 Å². The zero-order valence-corrected chi connectivity index (χ0v) is 19.1. The van der Waals surface area contributed by atoms with Gasteiger partial charge in [-0.3, -0.25) is 19.3 Å². The molecule has 2 N–H and O–H groups in total. The average molecular weight is 477 g/mol. The smallest absolute Gasteiger partial charge is 0.414 e. The zero-order chi connectivity index (χ0) is 24.7. The minimum Gasteiger partial charge on any atom is -0.466 e. The summed E-state index contributed by atoms with van der Waals surface area (Å²) < 4.78 is 24.8. The minimum absolute atomic E-state index is 0.194. The third kappa shape index (κ3) is 6.65. The normalized spacial score (nSPS) is 17.8. The lowest BCUT2D eigenvalue weighted by Crippen LogP contribution is -2.36. The van der Waals surface area contributed by atoms with Gasteiger partial charge < -0.3 is 19.7 Å². The van der Waals surface area contributed by atoms with Gasteiger partial charge in [-0.05, 0) is 25.1 Å². The third-order valence-electron chi connectivity index (χ3n) is 5.33. The number of amides is 3. The van der Waals surface area contributed by atoms with Gasteiger partial charge in [-0.2, -0.15) is 5.10 Å². The van der Waals surface area contributed by atoms with Crippen LogP contribution in [0.25, 0.3) is 0 Å². The highest BCUT2D eigenvalue weighted by Gasteiger charge is 2.33. The number of carbonyl (C=O) groups is 4. The molecule has 2 saturated heterocycles. The van der Waals surface area contributed by atoms with Crippen molar-refractivity contribution < 1.29 is 33.0 Å². The van der Waals surface area contributed by atoms with Crippen molar-refractivity contribution in [3.63, 3.8) is 0 Å². The summed E-state index contributed by atoms with van der Waals surface area (Å²) in [6.45, 7) is 4.63. The molecule has 1 atom stereocenters. The summed E-state index contributed by atoms with van der Waals surface area (Å²) in [5, 5.41) is 6.66. The molecule has 2 fully saturated rings. The van der Waals surface area contributed by atoms with Crippen molar-refractivity contribution in [2.45, 2.75) is 39.2 Å². The van der Waals surface area contributed by atoms with E-state index < -0.39 is 36.3 Å². The highest BCUT2D eigenvalue weighted by molar-refractivity contribution is 5.95. The zero-order valence-electron chi connectivity index (χ0n) is 19.1. The highest BCUT2D eigenvalue weighted by atomic mass is 19.1. The number of halogens is 1. The maximum absolute atomic E-state index is 14.9. The van der Waals surface area contributed by atoms with Crippen molar-refractivity contribution in [2.24, 2.45) is 5.10 Å². The number of hydrazone groups is 1. The van der Waals surface area contributed by atoms with Gasteiger partial charge in [0, 0.05) is 38.6 Å². The molecule has 12 heteroatoms. The molecule has 0 spiro atoms. The number of anilines is 2. The summed E-state index contributed by atoms with van der Waals surface area (Å²) in [6, 6.07) is 4.55. The van der Waals surface area contributed by atoms with Crippen LogP contribution in [0.4, 0.5) is 20.6 Å². The van der Waals surface area contributed by atoms with Gasteiger partial charge in [0.15, 0.2) is 0 Å². The molecule has 11 nitrogen and oxygen atoms in total. The van der Waals surface area contributed by atoms with Gasteiger partial charge in [-0.15, -0.1) is 0 Å². The summed E-state index contributed by atoms with van der Waals surface area (Å²) in [6.07, 6.45) is -0.454. The van der Waals surface area contributed by atoms with E-state index in [9.17, 15) is 23.6 Å². The van der Waals surface area contributed by atoms with Crippen LogP contribution < -0.4 is 20.5 Å². The summed E-state index contributed by atoms with van der Waals surface area (Å²) >= 11 is 0. The van der Waals surface area contributed by atoms with E-state index in [1.807, 2.05) is 4.90 Å². The Labute approximate surface area is 196 Å². The number of carbonyl (C=O) groups excluding carboxylic acids is 4. The average Bonchev–Trinajstić information content (AvgIpc) is 3.17. The molecule has 0 aliphatic carbocycles. The maximum atomic E-state index is 14.9. The lowest BCUT2D eigenvalue weighted by atomic mass is 10.1. The molecule has 0 bridgehead atoms. The van der Waals surface area contributed by atoms with Crippen molar-refractivity contribution in [1.82, 2.24) is 10.7 Å². The summed E-state index contributed by atoms with van der Waals surface area (Å²) in [5.41, 5.74) is 3.87. The number of esters is 1. The molecule has 1 aromatic rings. The number of rotatable bonds is 8.